The Hall–Kier alpha value is -3.30. The molecule has 1 aromatic carbocycles. The van der Waals surface area contributed by atoms with E-state index in [-0.39, 0.29) is 19.0 Å². The number of carbonyl (C=O) groups is 2. The molecule has 2 amide bonds. The molecule has 0 saturated carbocycles. The maximum absolute atomic E-state index is 13.5. The van der Waals surface area contributed by atoms with Gasteiger partial charge in [-0.2, -0.15) is 13.2 Å². The second-order valence-electron chi connectivity index (χ2n) is 9.17. The predicted molar refractivity (Wildman–Crippen MR) is 146 cm³/mol. The van der Waals surface area contributed by atoms with Crippen LogP contribution in [0.25, 0.3) is 0 Å². The van der Waals surface area contributed by atoms with E-state index in [1.165, 1.54) is 18.3 Å². The van der Waals surface area contributed by atoms with Gasteiger partial charge in [-0.3, -0.25) is 9.59 Å². The van der Waals surface area contributed by atoms with E-state index >= 15 is 0 Å². The number of amides is 2. The van der Waals surface area contributed by atoms with Crippen molar-refractivity contribution in [1.82, 2.24) is 15.6 Å². The molecule has 2 aromatic rings. The molecule has 4 N–H and O–H groups in total. The van der Waals surface area contributed by atoms with E-state index in [1.54, 1.807) is 12.1 Å². The quantitative estimate of drug-likeness (QED) is 0.180. The van der Waals surface area contributed by atoms with Crippen LogP contribution in [0.1, 0.15) is 91.5 Å². The van der Waals surface area contributed by atoms with Crippen LogP contribution in [-0.2, 0) is 6.18 Å². The number of alkyl halides is 3. The summed E-state index contributed by atoms with van der Waals surface area (Å²) in [6, 6.07) is 6.74. The first-order chi connectivity index (χ1) is 18.3. The highest BCUT2D eigenvalue weighted by Crippen LogP contribution is 2.33. The first-order valence-corrected chi connectivity index (χ1v) is 13.5. The number of unbranched alkanes of at least 4 members (excludes halogenated alkanes) is 6. The van der Waals surface area contributed by atoms with Crippen molar-refractivity contribution in [3.8, 4) is 0 Å². The maximum Gasteiger partial charge on any atom is 0.417 e. The summed E-state index contributed by atoms with van der Waals surface area (Å²) in [7, 11) is 0. The molecule has 0 spiro atoms. The van der Waals surface area contributed by atoms with Crippen LogP contribution < -0.4 is 21.3 Å². The Morgan fingerprint density at radius 3 is 2.13 bits per heavy atom. The second-order valence-corrected chi connectivity index (χ2v) is 9.17. The van der Waals surface area contributed by atoms with Crippen LogP contribution in [0.15, 0.2) is 36.5 Å². The molecule has 0 radical (unpaired) electrons. The van der Waals surface area contributed by atoms with Gasteiger partial charge < -0.3 is 21.3 Å². The van der Waals surface area contributed by atoms with Crippen molar-refractivity contribution in [3.05, 3.63) is 53.2 Å². The van der Waals surface area contributed by atoms with E-state index < -0.39 is 23.2 Å². The molecule has 2 rings (SSSR count). The summed E-state index contributed by atoms with van der Waals surface area (Å²) in [5.41, 5.74) is -0.473. The van der Waals surface area contributed by atoms with Gasteiger partial charge in [0.25, 0.3) is 11.8 Å². The van der Waals surface area contributed by atoms with E-state index in [2.05, 4.69) is 40.1 Å². The smallest absolute Gasteiger partial charge is 0.385 e. The Morgan fingerprint density at radius 1 is 0.763 bits per heavy atom. The van der Waals surface area contributed by atoms with E-state index in [1.807, 2.05) is 0 Å². The van der Waals surface area contributed by atoms with Crippen molar-refractivity contribution in [2.75, 3.05) is 36.8 Å². The number of rotatable bonds is 17. The van der Waals surface area contributed by atoms with Gasteiger partial charge in [-0.15, -0.1) is 0 Å². The highest BCUT2D eigenvalue weighted by Gasteiger charge is 2.35. The van der Waals surface area contributed by atoms with Crippen LogP contribution in [0.3, 0.4) is 0 Å². The molecular formula is C28H40F3N5O2. The fraction of sp³-hybridized carbons (Fsp3) is 0.536. The van der Waals surface area contributed by atoms with Gasteiger partial charge in [-0.1, -0.05) is 52.4 Å². The van der Waals surface area contributed by atoms with Crippen molar-refractivity contribution in [2.45, 2.75) is 71.4 Å². The molecule has 0 aliphatic heterocycles. The minimum absolute atomic E-state index is 0.0698. The van der Waals surface area contributed by atoms with E-state index in [4.69, 9.17) is 0 Å². The lowest BCUT2D eigenvalue weighted by Gasteiger charge is -2.15. The fourth-order valence-corrected chi connectivity index (χ4v) is 3.86. The van der Waals surface area contributed by atoms with Crippen LogP contribution in [0.2, 0.25) is 0 Å². The number of nitrogens with one attached hydrogen (secondary N) is 4. The van der Waals surface area contributed by atoms with E-state index in [0.717, 1.165) is 57.4 Å². The van der Waals surface area contributed by atoms with Gasteiger partial charge in [0.15, 0.2) is 0 Å². The predicted octanol–water partition coefficient (Wildman–Crippen LogP) is 6.24. The van der Waals surface area contributed by atoms with Crippen molar-refractivity contribution in [1.29, 1.82) is 0 Å². The number of nitrogens with zero attached hydrogens (tertiary/aromatic N) is 1. The van der Waals surface area contributed by atoms with E-state index in [0.29, 0.717) is 30.2 Å². The minimum atomic E-state index is -4.65. The number of pyridine rings is 1. The number of hydrogen-bond donors (Lipinski definition) is 4. The molecular weight excluding hydrogens is 495 g/mol. The Labute approximate surface area is 223 Å². The summed E-state index contributed by atoms with van der Waals surface area (Å²) < 4.78 is 40.6. The molecule has 38 heavy (non-hydrogen) atoms. The molecule has 0 aliphatic carbocycles. The zero-order chi connectivity index (χ0) is 27.8. The van der Waals surface area contributed by atoms with Gasteiger partial charge in [0.1, 0.15) is 5.82 Å². The monoisotopic (exact) mass is 535 g/mol. The Morgan fingerprint density at radius 2 is 1.45 bits per heavy atom. The van der Waals surface area contributed by atoms with Gasteiger partial charge in [0.2, 0.25) is 0 Å². The van der Waals surface area contributed by atoms with Gasteiger partial charge in [-0.05, 0) is 43.2 Å². The molecule has 210 valence electrons. The number of aromatic nitrogens is 1. The third-order valence-electron chi connectivity index (χ3n) is 5.98. The van der Waals surface area contributed by atoms with Gasteiger partial charge in [0.05, 0.1) is 11.1 Å². The molecule has 0 unspecified atom stereocenters. The van der Waals surface area contributed by atoms with Crippen molar-refractivity contribution in [3.63, 3.8) is 0 Å². The van der Waals surface area contributed by atoms with Crippen LogP contribution >= 0.6 is 0 Å². The third-order valence-corrected chi connectivity index (χ3v) is 5.98. The van der Waals surface area contributed by atoms with Crippen LogP contribution in [0.5, 0.6) is 0 Å². The average Bonchev–Trinajstić information content (AvgIpc) is 2.90. The van der Waals surface area contributed by atoms with Crippen molar-refractivity contribution in [2.24, 2.45) is 0 Å². The van der Waals surface area contributed by atoms with Crippen molar-refractivity contribution < 1.29 is 22.8 Å². The van der Waals surface area contributed by atoms with Gasteiger partial charge in [-0.25, -0.2) is 4.98 Å². The molecule has 0 saturated heterocycles. The lowest BCUT2D eigenvalue weighted by Crippen LogP contribution is -2.31. The molecule has 10 heteroatoms. The molecule has 0 aliphatic rings. The van der Waals surface area contributed by atoms with E-state index in [9.17, 15) is 22.8 Å². The molecule has 1 heterocycles. The SMILES string of the molecule is CCCCCCNC(=O)c1ccnc(NCCNC(=O)c2cc(NCCCCCC)ccc2C(F)(F)F)c1. The zero-order valence-electron chi connectivity index (χ0n) is 22.3. The lowest BCUT2D eigenvalue weighted by molar-refractivity contribution is -0.137. The molecule has 0 bridgehead atoms. The summed E-state index contributed by atoms with van der Waals surface area (Å²) in [6.07, 6.45) is 5.23. The lowest BCUT2D eigenvalue weighted by atomic mass is 10.0. The number of benzene rings is 1. The number of halogens is 3. The summed E-state index contributed by atoms with van der Waals surface area (Å²) in [5, 5.41) is 11.5. The molecule has 0 fully saturated rings. The summed E-state index contributed by atoms with van der Waals surface area (Å²) >= 11 is 0. The first-order valence-electron chi connectivity index (χ1n) is 13.5. The number of carbonyl (C=O) groups excluding carboxylic acids is 2. The maximum atomic E-state index is 13.5. The normalized spacial score (nSPS) is 11.2. The standard InChI is InChI=1S/C28H40F3N5O2/c1-3-5-7-9-14-32-22-11-12-24(28(29,30)31)23(20-22)27(38)36-18-17-34-25-19-21(13-16-33-25)26(37)35-15-10-8-6-4-2/h11-13,16,19-20,32H,3-10,14-15,17-18H2,1-2H3,(H,33,34)(H,35,37)(H,36,38). The van der Waals surface area contributed by atoms with Crippen LogP contribution in [-0.4, -0.2) is 43.0 Å². The van der Waals surface area contributed by atoms with Gasteiger partial charge in [0, 0.05) is 43.6 Å². The minimum Gasteiger partial charge on any atom is -0.385 e. The Balaban J connectivity index is 1.89. The first kappa shape index (κ1) is 30.9. The zero-order valence-corrected chi connectivity index (χ0v) is 22.3. The van der Waals surface area contributed by atoms with Crippen LogP contribution in [0.4, 0.5) is 24.7 Å². The molecule has 7 nitrogen and oxygen atoms in total. The molecule has 1 aromatic heterocycles. The summed E-state index contributed by atoms with van der Waals surface area (Å²) in [4.78, 5) is 29.2. The highest BCUT2D eigenvalue weighted by atomic mass is 19.4. The Bertz CT molecular complexity index is 1010. The molecule has 0 atom stereocenters. The fourth-order valence-electron chi connectivity index (χ4n) is 3.86. The number of anilines is 2. The highest BCUT2D eigenvalue weighted by molar-refractivity contribution is 5.97. The van der Waals surface area contributed by atoms with Gasteiger partial charge >= 0.3 is 6.18 Å². The van der Waals surface area contributed by atoms with Crippen LogP contribution in [0, 0.1) is 0 Å². The average molecular weight is 536 g/mol. The second kappa shape index (κ2) is 16.5. The topological polar surface area (TPSA) is 95.2 Å². The van der Waals surface area contributed by atoms with Crippen molar-refractivity contribution >= 4 is 23.3 Å². The summed E-state index contributed by atoms with van der Waals surface area (Å²) in [5.74, 6) is -0.570. The Kier molecular flexibility index (Phi) is 13.4. The summed E-state index contributed by atoms with van der Waals surface area (Å²) in [6.45, 7) is 5.75. The number of hydrogen-bond acceptors (Lipinski definition) is 5. The largest absolute Gasteiger partial charge is 0.417 e. The third kappa shape index (κ3) is 11.0.